The van der Waals surface area contributed by atoms with E-state index in [9.17, 15) is 19.1 Å². The highest BCUT2D eigenvalue weighted by atomic mass is 35.5. The second-order valence-electron chi connectivity index (χ2n) is 9.09. The van der Waals surface area contributed by atoms with Crippen LogP contribution >= 0.6 is 22.9 Å². The fraction of sp³-hybridized carbons (Fsp3) is 0.391. The quantitative estimate of drug-likeness (QED) is 0.613. The number of carboxylic acids is 1. The lowest BCUT2D eigenvalue weighted by molar-refractivity contribution is -0.133. The van der Waals surface area contributed by atoms with Crippen LogP contribution < -0.4 is 5.32 Å². The molecule has 2 atom stereocenters. The SMILES string of the molecule is CC(C)(C)OC(=O)NCC1CC2=C(C(=O)O)C(c3ccc(F)cc3Cl)N=C(c3nccs3)N2C1. The summed E-state index contributed by atoms with van der Waals surface area (Å²) in [6, 6.07) is 2.92. The Morgan fingerprint density at radius 3 is 2.76 bits per heavy atom. The maximum Gasteiger partial charge on any atom is 0.407 e. The first-order valence-corrected chi connectivity index (χ1v) is 11.9. The molecule has 0 radical (unpaired) electrons. The molecule has 0 bridgehead atoms. The number of aliphatic carboxylic acids is 1. The minimum absolute atomic E-state index is 0.0774. The second kappa shape index (κ2) is 9.34. The van der Waals surface area contributed by atoms with Gasteiger partial charge in [0, 0.05) is 40.9 Å². The van der Waals surface area contributed by atoms with Crippen LogP contribution in [0.3, 0.4) is 0 Å². The van der Waals surface area contributed by atoms with E-state index in [2.05, 4.69) is 10.3 Å². The number of thiazole rings is 1. The molecule has 2 aromatic rings. The number of hydrogen-bond acceptors (Lipinski definition) is 7. The summed E-state index contributed by atoms with van der Waals surface area (Å²) in [6.07, 6.45) is 1.52. The number of alkyl carbamates (subject to hydrolysis) is 1. The van der Waals surface area contributed by atoms with Crippen molar-refractivity contribution in [1.82, 2.24) is 15.2 Å². The zero-order valence-corrected chi connectivity index (χ0v) is 20.4. The number of ether oxygens (including phenoxy) is 1. The van der Waals surface area contributed by atoms with E-state index in [-0.39, 0.29) is 16.5 Å². The number of carbonyl (C=O) groups is 2. The van der Waals surface area contributed by atoms with Gasteiger partial charge in [-0.05, 0) is 45.2 Å². The molecule has 8 nitrogen and oxygen atoms in total. The Morgan fingerprint density at radius 2 is 2.15 bits per heavy atom. The van der Waals surface area contributed by atoms with E-state index in [4.69, 9.17) is 21.3 Å². The Hall–Kier alpha value is -2.98. The smallest absolute Gasteiger partial charge is 0.407 e. The fourth-order valence-electron chi connectivity index (χ4n) is 4.07. The molecule has 0 saturated carbocycles. The van der Waals surface area contributed by atoms with E-state index >= 15 is 0 Å². The third kappa shape index (κ3) is 5.07. The zero-order chi connectivity index (χ0) is 24.6. The van der Waals surface area contributed by atoms with Gasteiger partial charge in [-0.1, -0.05) is 17.7 Å². The van der Waals surface area contributed by atoms with Gasteiger partial charge >= 0.3 is 12.1 Å². The van der Waals surface area contributed by atoms with Gasteiger partial charge in [-0.15, -0.1) is 11.3 Å². The minimum atomic E-state index is -1.13. The minimum Gasteiger partial charge on any atom is -0.478 e. The summed E-state index contributed by atoms with van der Waals surface area (Å²) < 4.78 is 19.0. The predicted molar refractivity (Wildman–Crippen MR) is 127 cm³/mol. The van der Waals surface area contributed by atoms with Crippen molar-refractivity contribution in [1.29, 1.82) is 0 Å². The second-order valence-corrected chi connectivity index (χ2v) is 10.4. The number of aliphatic imine (C=N–C) groups is 1. The topological polar surface area (TPSA) is 104 Å². The lowest BCUT2D eigenvalue weighted by Gasteiger charge is -2.31. The van der Waals surface area contributed by atoms with Crippen LogP contribution in [-0.4, -0.2) is 51.6 Å². The van der Waals surface area contributed by atoms with Crippen molar-refractivity contribution in [2.45, 2.75) is 38.8 Å². The van der Waals surface area contributed by atoms with Crippen LogP contribution in [-0.2, 0) is 9.53 Å². The van der Waals surface area contributed by atoms with E-state index in [1.54, 1.807) is 27.0 Å². The normalized spacial score (nSPS) is 20.1. The molecule has 3 heterocycles. The Kier molecular flexibility index (Phi) is 6.64. The average molecular weight is 507 g/mol. The van der Waals surface area contributed by atoms with Crippen LogP contribution in [0.25, 0.3) is 0 Å². The molecule has 0 aliphatic carbocycles. The number of amides is 1. The summed E-state index contributed by atoms with van der Waals surface area (Å²) in [7, 11) is 0. The van der Waals surface area contributed by atoms with Crippen LogP contribution in [0.1, 0.15) is 43.8 Å². The summed E-state index contributed by atoms with van der Waals surface area (Å²) in [6.45, 7) is 6.09. The van der Waals surface area contributed by atoms with Crippen molar-refractivity contribution in [3.63, 3.8) is 0 Å². The van der Waals surface area contributed by atoms with Gasteiger partial charge < -0.3 is 20.1 Å². The standard InChI is InChI=1S/C23H24ClFN4O4S/c1-23(2,3)33-22(32)27-10-12-8-16-17(21(30)31)18(14-5-4-13(25)9-15(14)24)28-19(29(16)11-12)20-26-6-7-34-20/h4-7,9,12,18H,8,10-11H2,1-3H3,(H,27,32)(H,30,31). The molecule has 1 aromatic heterocycles. The molecule has 180 valence electrons. The van der Waals surface area contributed by atoms with Crippen molar-refractivity contribution in [2.75, 3.05) is 13.1 Å². The summed E-state index contributed by atoms with van der Waals surface area (Å²) in [4.78, 5) is 35.5. The number of halogens is 2. The number of nitrogens with zero attached hydrogens (tertiary/aromatic N) is 3. The third-order valence-corrected chi connectivity index (χ3v) is 6.48. The Morgan fingerprint density at radius 1 is 1.38 bits per heavy atom. The van der Waals surface area contributed by atoms with Gasteiger partial charge in [-0.25, -0.2) is 19.0 Å². The van der Waals surface area contributed by atoms with Crippen LogP contribution in [0.2, 0.25) is 5.02 Å². The summed E-state index contributed by atoms with van der Waals surface area (Å²) in [5.74, 6) is -1.20. The number of carbonyl (C=O) groups excluding carboxylic acids is 1. The zero-order valence-electron chi connectivity index (χ0n) is 18.8. The van der Waals surface area contributed by atoms with Gasteiger partial charge in [0.1, 0.15) is 17.5 Å². The van der Waals surface area contributed by atoms with Gasteiger partial charge in [0.05, 0.1) is 5.57 Å². The van der Waals surface area contributed by atoms with E-state index in [0.29, 0.717) is 41.6 Å². The molecular formula is C23H24ClFN4O4S. The molecule has 0 spiro atoms. The number of hydrogen-bond donors (Lipinski definition) is 2. The van der Waals surface area contributed by atoms with Gasteiger partial charge in [0.2, 0.25) is 0 Å². The van der Waals surface area contributed by atoms with Crippen LogP contribution in [0.15, 0.2) is 46.0 Å². The first-order valence-electron chi connectivity index (χ1n) is 10.7. The molecule has 1 saturated heterocycles. The van der Waals surface area contributed by atoms with Crippen molar-refractivity contribution in [3.05, 3.63) is 62.5 Å². The molecular weight excluding hydrogens is 483 g/mol. The van der Waals surface area contributed by atoms with Crippen molar-refractivity contribution < 1.29 is 23.8 Å². The number of fused-ring (bicyclic) bond motifs is 1. The van der Waals surface area contributed by atoms with Crippen LogP contribution in [0, 0.1) is 11.7 Å². The van der Waals surface area contributed by atoms with E-state index in [1.165, 1.54) is 23.5 Å². The molecule has 2 unspecified atom stereocenters. The molecule has 2 aliphatic heterocycles. The molecule has 1 aromatic carbocycles. The first-order chi connectivity index (χ1) is 16.0. The predicted octanol–water partition coefficient (Wildman–Crippen LogP) is 4.62. The Balaban J connectivity index is 1.69. The largest absolute Gasteiger partial charge is 0.478 e. The van der Waals surface area contributed by atoms with E-state index in [0.717, 1.165) is 6.07 Å². The maximum absolute atomic E-state index is 13.7. The van der Waals surface area contributed by atoms with Gasteiger partial charge in [0.25, 0.3) is 0 Å². The maximum atomic E-state index is 13.7. The molecule has 34 heavy (non-hydrogen) atoms. The highest BCUT2D eigenvalue weighted by molar-refractivity contribution is 7.11. The molecule has 11 heteroatoms. The number of allylic oxidation sites excluding steroid dienone is 1. The monoisotopic (exact) mass is 506 g/mol. The lowest BCUT2D eigenvalue weighted by atomic mass is 9.94. The van der Waals surface area contributed by atoms with Crippen molar-refractivity contribution in [2.24, 2.45) is 10.9 Å². The molecule has 2 aliphatic rings. The number of carboxylic acid groups (broad SMARTS) is 1. The van der Waals surface area contributed by atoms with Gasteiger partial charge in [-0.3, -0.25) is 4.99 Å². The number of rotatable bonds is 5. The van der Waals surface area contributed by atoms with Crippen molar-refractivity contribution in [3.8, 4) is 0 Å². The molecule has 2 N–H and O–H groups in total. The Bertz CT molecular complexity index is 1180. The first kappa shape index (κ1) is 24.2. The molecule has 1 amide bonds. The van der Waals surface area contributed by atoms with E-state index < -0.39 is 29.5 Å². The van der Waals surface area contributed by atoms with E-state index in [1.807, 2.05) is 10.3 Å². The highest BCUT2D eigenvalue weighted by Crippen LogP contribution is 2.43. The number of benzene rings is 1. The number of aromatic nitrogens is 1. The highest BCUT2D eigenvalue weighted by Gasteiger charge is 2.42. The average Bonchev–Trinajstić information content (AvgIpc) is 3.40. The summed E-state index contributed by atoms with van der Waals surface area (Å²) in [5.41, 5.74) is 0.433. The number of nitrogens with one attached hydrogen (secondary N) is 1. The van der Waals surface area contributed by atoms with Crippen LogP contribution in [0.5, 0.6) is 0 Å². The molecule has 4 rings (SSSR count). The Labute approximate surface area is 205 Å². The van der Waals surface area contributed by atoms with Gasteiger partial charge in [-0.2, -0.15) is 0 Å². The van der Waals surface area contributed by atoms with Crippen molar-refractivity contribution >= 4 is 40.8 Å². The summed E-state index contributed by atoms with van der Waals surface area (Å²) >= 11 is 7.68. The third-order valence-electron chi connectivity index (χ3n) is 5.39. The van der Waals surface area contributed by atoms with Gasteiger partial charge in [0.15, 0.2) is 10.8 Å². The number of amidine groups is 1. The fourth-order valence-corrected chi connectivity index (χ4v) is 4.98. The summed E-state index contributed by atoms with van der Waals surface area (Å²) in [5, 5.41) is 15.4. The van der Waals surface area contributed by atoms with Crippen LogP contribution in [0.4, 0.5) is 9.18 Å². The lowest BCUT2D eigenvalue weighted by Crippen LogP contribution is -2.37. The molecule has 1 fully saturated rings.